The van der Waals surface area contributed by atoms with E-state index in [0.29, 0.717) is 6.07 Å². The van der Waals surface area contributed by atoms with Crippen LogP contribution in [0.1, 0.15) is 5.56 Å². The Morgan fingerprint density at radius 2 is 1.41 bits per heavy atom. The second-order valence-corrected chi connectivity index (χ2v) is 3.45. The average molecular weight is 248 g/mol. The third-order valence-corrected chi connectivity index (χ3v) is 2.16. The van der Waals surface area contributed by atoms with Crippen molar-refractivity contribution < 1.29 is 35.7 Å². The maximum atomic E-state index is 9.40. The van der Waals surface area contributed by atoms with Crippen molar-refractivity contribution in [3.05, 3.63) is 11.6 Å². The van der Waals surface area contributed by atoms with Crippen molar-refractivity contribution in [3.8, 4) is 17.2 Å². The number of phenols is 3. The Balaban J connectivity index is 3.58. The number of anilines is 1. The topological polar surface area (TPSA) is 194 Å². The van der Waals surface area contributed by atoms with E-state index in [-0.39, 0.29) is 0 Å². The van der Waals surface area contributed by atoms with E-state index in [1.165, 1.54) is 0 Å². The van der Waals surface area contributed by atoms with Gasteiger partial charge in [0.15, 0.2) is 11.5 Å². The Hall–Kier alpha value is -1.78. The first-order valence-corrected chi connectivity index (χ1v) is 4.22. The molecule has 0 aromatic heterocycles. The summed E-state index contributed by atoms with van der Waals surface area (Å²) in [5.74, 6) is -9.93. The van der Waals surface area contributed by atoms with E-state index in [1.54, 1.807) is 0 Å². The van der Waals surface area contributed by atoms with Gasteiger partial charge in [0.1, 0.15) is 5.75 Å². The number of nitrogens with two attached hydrogens (primary N) is 2. The number of hydrogen-bond acceptors (Lipinski definition) is 9. The highest BCUT2D eigenvalue weighted by Crippen LogP contribution is 2.45. The highest BCUT2D eigenvalue weighted by Gasteiger charge is 2.49. The lowest BCUT2D eigenvalue weighted by molar-refractivity contribution is -0.363. The van der Waals surface area contributed by atoms with Crippen molar-refractivity contribution in [1.29, 1.82) is 0 Å². The lowest BCUT2D eigenvalue weighted by Crippen LogP contribution is -2.58. The molecule has 0 aliphatic heterocycles. The summed E-state index contributed by atoms with van der Waals surface area (Å²) in [6.45, 7) is 0. The van der Waals surface area contributed by atoms with Crippen LogP contribution in [0, 0.1) is 0 Å². The van der Waals surface area contributed by atoms with Crippen molar-refractivity contribution in [3.63, 3.8) is 0 Å². The fourth-order valence-corrected chi connectivity index (χ4v) is 1.21. The monoisotopic (exact) mass is 248 g/mol. The van der Waals surface area contributed by atoms with Gasteiger partial charge < -0.3 is 41.5 Å². The second-order valence-electron chi connectivity index (χ2n) is 3.45. The number of aliphatic hydroxyl groups is 4. The van der Waals surface area contributed by atoms with Crippen LogP contribution in [0.5, 0.6) is 17.2 Å². The van der Waals surface area contributed by atoms with Crippen LogP contribution in [0.4, 0.5) is 5.69 Å². The molecule has 0 heterocycles. The molecule has 1 aromatic carbocycles. The van der Waals surface area contributed by atoms with Gasteiger partial charge in [0, 0.05) is 6.07 Å². The molecular weight excluding hydrogens is 236 g/mol. The van der Waals surface area contributed by atoms with Crippen LogP contribution in [0.15, 0.2) is 6.07 Å². The first-order valence-electron chi connectivity index (χ1n) is 4.22. The van der Waals surface area contributed by atoms with Crippen LogP contribution in [-0.4, -0.2) is 41.7 Å². The molecule has 9 heteroatoms. The molecule has 0 atom stereocenters. The van der Waals surface area contributed by atoms with Gasteiger partial charge in [-0.3, -0.25) is 5.73 Å². The third kappa shape index (κ3) is 1.92. The minimum absolute atomic E-state index is 0.522. The van der Waals surface area contributed by atoms with Crippen molar-refractivity contribution >= 4 is 5.69 Å². The lowest BCUT2D eigenvalue weighted by atomic mass is 9.98. The van der Waals surface area contributed by atoms with Crippen LogP contribution >= 0.6 is 0 Å². The molecule has 0 saturated carbocycles. The Morgan fingerprint density at radius 1 is 0.941 bits per heavy atom. The Bertz CT molecular complexity index is 452. The number of hydrogen-bond donors (Lipinski definition) is 9. The first kappa shape index (κ1) is 13.3. The smallest absolute Gasteiger partial charge is 0.281 e. The summed E-state index contributed by atoms with van der Waals surface area (Å²) in [4.78, 5) is 0. The Morgan fingerprint density at radius 3 is 1.82 bits per heavy atom. The highest BCUT2D eigenvalue weighted by molar-refractivity contribution is 5.69. The van der Waals surface area contributed by atoms with E-state index in [1.807, 2.05) is 0 Å². The molecule has 0 spiro atoms. The number of aromatic hydroxyl groups is 3. The minimum atomic E-state index is -3.56. The number of phenolic OH excluding ortho intramolecular Hbond substituents is 3. The predicted octanol–water partition coefficient (Wildman–Crippen LogP) is -2.88. The Labute approximate surface area is 94.4 Å². The van der Waals surface area contributed by atoms with Gasteiger partial charge in [0.2, 0.25) is 0 Å². The number of benzene rings is 1. The van der Waals surface area contributed by atoms with Crippen LogP contribution in [0.3, 0.4) is 0 Å². The highest BCUT2D eigenvalue weighted by atomic mass is 16.6. The summed E-state index contributed by atoms with van der Waals surface area (Å²) in [5, 5.41) is 64.3. The summed E-state index contributed by atoms with van der Waals surface area (Å²) < 4.78 is 0. The van der Waals surface area contributed by atoms with Gasteiger partial charge in [-0.1, -0.05) is 0 Å². The predicted molar refractivity (Wildman–Crippen MR) is 53.3 cm³/mol. The molecule has 0 fully saturated rings. The molecule has 17 heavy (non-hydrogen) atoms. The van der Waals surface area contributed by atoms with Crippen molar-refractivity contribution in [1.82, 2.24) is 0 Å². The zero-order valence-electron chi connectivity index (χ0n) is 8.36. The maximum absolute atomic E-state index is 9.40. The van der Waals surface area contributed by atoms with Gasteiger partial charge in [0.05, 0.1) is 11.3 Å². The molecule has 0 radical (unpaired) electrons. The molecule has 1 rings (SSSR count). The third-order valence-electron chi connectivity index (χ3n) is 2.16. The van der Waals surface area contributed by atoms with Gasteiger partial charge in [-0.2, -0.15) is 0 Å². The normalized spacial score (nSPS) is 12.8. The number of rotatable bonds is 2. The molecule has 0 aliphatic rings. The molecule has 0 bridgehead atoms. The van der Waals surface area contributed by atoms with Crippen LogP contribution in [0.2, 0.25) is 0 Å². The van der Waals surface area contributed by atoms with E-state index in [0.717, 1.165) is 0 Å². The van der Waals surface area contributed by atoms with Crippen LogP contribution in [-0.2, 0) is 5.79 Å². The molecule has 11 N–H and O–H groups in total. The van der Waals surface area contributed by atoms with Gasteiger partial charge in [-0.25, -0.2) is 0 Å². The fraction of sp³-hybridized carbons (Fsp3) is 0.250. The van der Waals surface area contributed by atoms with Crippen LogP contribution in [0.25, 0.3) is 0 Å². The maximum Gasteiger partial charge on any atom is 0.281 e. The molecule has 0 amide bonds. The minimum Gasteiger partial charge on any atom is -0.507 e. The molecule has 0 aliphatic carbocycles. The molecule has 0 unspecified atom stereocenters. The fourth-order valence-electron chi connectivity index (χ4n) is 1.21. The van der Waals surface area contributed by atoms with Gasteiger partial charge >= 0.3 is 0 Å². The van der Waals surface area contributed by atoms with E-state index in [4.69, 9.17) is 21.1 Å². The quantitative estimate of drug-likeness (QED) is 0.114. The molecule has 1 aromatic rings. The van der Waals surface area contributed by atoms with E-state index < -0.39 is 40.2 Å². The summed E-state index contributed by atoms with van der Waals surface area (Å²) in [5.41, 5.74) is 7.95. The molecule has 96 valence electrons. The summed E-state index contributed by atoms with van der Waals surface area (Å²) in [6.07, 6.45) is 0. The van der Waals surface area contributed by atoms with Crippen LogP contribution < -0.4 is 11.5 Å². The Kier molecular flexibility index (Phi) is 2.83. The SMILES string of the molecule is Nc1c(O)c(O)cc(O)c1C(O)(O)C(N)(O)O. The van der Waals surface area contributed by atoms with E-state index in [9.17, 15) is 20.4 Å². The van der Waals surface area contributed by atoms with Crippen molar-refractivity contribution in [2.75, 3.05) is 5.73 Å². The second kappa shape index (κ2) is 3.61. The zero-order valence-corrected chi connectivity index (χ0v) is 8.36. The van der Waals surface area contributed by atoms with Gasteiger partial charge in [-0.15, -0.1) is 0 Å². The average Bonchev–Trinajstić information content (AvgIpc) is 2.12. The molecule has 9 nitrogen and oxygen atoms in total. The lowest BCUT2D eigenvalue weighted by Gasteiger charge is -2.32. The van der Waals surface area contributed by atoms with E-state index in [2.05, 4.69) is 5.73 Å². The molecule has 0 saturated heterocycles. The summed E-state index contributed by atoms with van der Waals surface area (Å²) >= 11 is 0. The standard InChI is InChI=1S/C8H12N2O7/c9-5-4(7(14,15)8(10,16)17)2(11)1-3(12)6(5)13/h1,11-17H,9-10H2. The zero-order chi connectivity index (χ0) is 13.6. The molecular formula is C8H12N2O7. The number of nitrogen functional groups attached to an aromatic ring is 1. The van der Waals surface area contributed by atoms with Crippen molar-refractivity contribution in [2.24, 2.45) is 5.73 Å². The van der Waals surface area contributed by atoms with E-state index >= 15 is 0 Å². The largest absolute Gasteiger partial charge is 0.507 e. The van der Waals surface area contributed by atoms with Gasteiger partial charge in [-0.05, 0) is 0 Å². The summed E-state index contributed by atoms with van der Waals surface area (Å²) in [6, 6.07) is 0.522. The first-order chi connectivity index (χ1) is 7.50. The van der Waals surface area contributed by atoms with Gasteiger partial charge in [0.25, 0.3) is 11.7 Å². The summed E-state index contributed by atoms with van der Waals surface area (Å²) in [7, 11) is 0. The van der Waals surface area contributed by atoms with Crippen molar-refractivity contribution in [2.45, 2.75) is 11.7 Å².